The van der Waals surface area contributed by atoms with Gasteiger partial charge in [-0.3, -0.25) is 20.2 Å². The van der Waals surface area contributed by atoms with Crippen LogP contribution in [0.25, 0.3) is 0 Å². The second kappa shape index (κ2) is 2.69. The van der Waals surface area contributed by atoms with E-state index in [0.717, 1.165) is 0 Å². The second-order valence-corrected chi connectivity index (χ2v) is 2.48. The van der Waals surface area contributed by atoms with Gasteiger partial charge in [-0.05, 0) is 13.8 Å². The predicted molar refractivity (Wildman–Crippen MR) is 38.9 cm³/mol. The highest BCUT2D eigenvalue weighted by molar-refractivity contribution is 6.45. The summed E-state index contributed by atoms with van der Waals surface area (Å²) in [4.78, 5) is 25.1. The summed E-state index contributed by atoms with van der Waals surface area (Å²) in [5.74, 6) is -1.05. The van der Waals surface area contributed by atoms with E-state index in [2.05, 4.69) is 15.6 Å². The number of aliphatic imine (C=N–C) groups is 1. The topological polar surface area (TPSA) is 70.6 Å². The highest BCUT2D eigenvalue weighted by atomic mass is 16.2. The molecular formula is C6H9N3O2. The molecule has 0 atom stereocenters. The van der Waals surface area contributed by atoms with Gasteiger partial charge in [-0.25, -0.2) is 4.99 Å². The van der Waals surface area contributed by atoms with Crippen molar-refractivity contribution < 1.29 is 9.59 Å². The molecule has 1 saturated heterocycles. The molecule has 0 unspecified atom stereocenters. The minimum atomic E-state index is -0.649. The molecule has 0 aromatic rings. The monoisotopic (exact) mass is 155 g/mol. The van der Waals surface area contributed by atoms with Crippen molar-refractivity contribution in [3.05, 3.63) is 0 Å². The van der Waals surface area contributed by atoms with Crippen molar-refractivity contribution in [3.63, 3.8) is 0 Å². The molecule has 0 bridgehead atoms. The summed E-state index contributed by atoms with van der Waals surface area (Å²) in [6.07, 6.45) is 0. The third-order valence-corrected chi connectivity index (χ3v) is 1.06. The third-order valence-electron chi connectivity index (χ3n) is 1.06. The lowest BCUT2D eigenvalue weighted by Gasteiger charge is -1.97. The van der Waals surface area contributed by atoms with Crippen molar-refractivity contribution in [1.29, 1.82) is 0 Å². The molecule has 11 heavy (non-hydrogen) atoms. The first kappa shape index (κ1) is 7.71. The Morgan fingerprint density at radius 1 is 1.18 bits per heavy atom. The predicted octanol–water partition coefficient (Wildman–Crippen LogP) is -1.00. The molecule has 1 heterocycles. The maximum atomic E-state index is 10.6. The Labute approximate surface area is 63.9 Å². The Morgan fingerprint density at radius 2 is 1.64 bits per heavy atom. The summed E-state index contributed by atoms with van der Waals surface area (Å²) in [5.41, 5.74) is 0. The van der Waals surface area contributed by atoms with E-state index in [1.165, 1.54) is 0 Å². The molecule has 1 rings (SSSR count). The fourth-order valence-electron chi connectivity index (χ4n) is 0.683. The molecule has 5 heteroatoms. The van der Waals surface area contributed by atoms with E-state index in [0.29, 0.717) is 0 Å². The van der Waals surface area contributed by atoms with Crippen molar-refractivity contribution in [2.45, 2.75) is 19.9 Å². The average Bonchev–Trinajstić information content (AvgIpc) is 2.10. The van der Waals surface area contributed by atoms with Crippen LogP contribution in [0, 0.1) is 0 Å². The zero-order valence-electron chi connectivity index (χ0n) is 6.34. The molecule has 1 aliphatic heterocycles. The highest BCUT2D eigenvalue weighted by Gasteiger charge is 2.24. The summed E-state index contributed by atoms with van der Waals surface area (Å²) >= 11 is 0. The van der Waals surface area contributed by atoms with Gasteiger partial charge in [0.2, 0.25) is 5.96 Å². The number of guanidine groups is 1. The number of hydrogen-bond acceptors (Lipinski definition) is 3. The van der Waals surface area contributed by atoms with Gasteiger partial charge >= 0.3 is 11.8 Å². The van der Waals surface area contributed by atoms with E-state index in [9.17, 15) is 9.59 Å². The van der Waals surface area contributed by atoms with E-state index in [1.807, 2.05) is 13.8 Å². The van der Waals surface area contributed by atoms with E-state index in [4.69, 9.17) is 0 Å². The maximum absolute atomic E-state index is 10.6. The van der Waals surface area contributed by atoms with Gasteiger partial charge in [0.15, 0.2) is 0 Å². The summed E-state index contributed by atoms with van der Waals surface area (Å²) in [7, 11) is 0. The molecule has 60 valence electrons. The molecule has 1 aliphatic rings. The van der Waals surface area contributed by atoms with Crippen molar-refractivity contribution in [2.75, 3.05) is 0 Å². The van der Waals surface area contributed by atoms with Gasteiger partial charge < -0.3 is 0 Å². The molecule has 0 radical (unpaired) electrons. The first-order chi connectivity index (χ1) is 5.09. The lowest BCUT2D eigenvalue weighted by molar-refractivity contribution is -0.135. The second-order valence-electron chi connectivity index (χ2n) is 2.48. The maximum Gasteiger partial charge on any atom is 0.316 e. The van der Waals surface area contributed by atoms with Crippen LogP contribution in [0.2, 0.25) is 0 Å². The lowest BCUT2D eigenvalue weighted by atomic mass is 10.4. The SMILES string of the molecule is CC(C)N=C1NC(=O)C(=O)N1. The molecule has 0 aromatic heterocycles. The Balaban J connectivity index is 2.67. The van der Waals surface area contributed by atoms with Crippen LogP contribution in [0.15, 0.2) is 4.99 Å². The molecule has 2 N–H and O–H groups in total. The van der Waals surface area contributed by atoms with E-state index in [1.54, 1.807) is 0 Å². The number of nitrogens with zero attached hydrogens (tertiary/aromatic N) is 1. The zero-order chi connectivity index (χ0) is 8.43. The van der Waals surface area contributed by atoms with Gasteiger partial charge in [0.1, 0.15) is 0 Å². The third kappa shape index (κ3) is 1.76. The average molecular weight is 155 g/mol. The normalized spacial score (nSPS) is 16.8. The molecule has 1 fully saturated rings. The van der Waals surface area contributed by atoms with Crippen LogP contribution in [0.1, 0.15) is 13.8 Å². The number of nitrogens with one attached hydrogen (secondary N) is 2. The number of amides is 2. The lowest BCUT2D eigenvalue weighted by Crippen LogP contribution is -2.26. The van der Waals surface area contributed by atoms with Crippen LogP contribution in [-0.4, -0.2) is 23.8 Å². The number of rotatable bonds is 1. The fourth-order valence-corrected chi connectivity index (χ4v) is 0.683. The summed E-state index contributed by atoms with van der Waals surface area (Å²) in [6, 6.07) is 0.0590. The van der Waals surface area contributed by atoms with E-state index < -0.39 is 11.8 Å². The Hall–Kier alpha value is -1.39. The van der Waals surface area contributed by atoms with Crippen LogP contribution in [0.3, 0.4) is 0 Å². The number of carbonyl (C=O) groups is 2. The van der Waals surface area contributed by atoms with Crippen LogP contribution < -0.4 is 10.6 Å². The Bertz CT molecular complexity index is 214. The quantitative estimate of drug-likeness (QED) is 0.476. The van der Waals surface area contributed by atoms with Gasteiger partial charge in [-0.15, -0.1) is 0 Å². The van der Waals surface area contributed by atoms with Gasteiger partial charge in [-0.1, -0.05) is 0 Å². The number of carbonyl (C=O) groups excluding carboxylic acids is 2. The van der Waals surface area contributed by atoms with Crippen LogP contribution in [0.5, 0.6) is 0 Å². The summed E-state index contributed by atoms with van der Waals surface area (Å²) in [5, 5.41) is 4.57. The molecule has 2 amide bonds. The van der Waals surface area contributed by atoms with Crippen LogP contribution in [-0.2, 0) is 9.59 Å². The molecule has 0 aromatic carbocycles. The largest absolute Gasteiger partial charge is 0.316 e. The molecule has 0 spiro atoms. The van der Waals surface area contributed by atoms with Crippen molar-refractivity contribution in [1.82, 2.24) is 10.6 Å². The summed E-state index contributed by atoms with van der Waals surface area (Å²) < 4.78 is 0. The smallest absolute Gasteiger partial charge is 0.288 e. The minimum absolute atomic E-state index is 0.0590. The van der Waals surface area contributed by atoms with E-state index in [-0.39, 0.29) is 12.0 Å². The van der Waals surface area contributed by atoms with Crippen molar-refractivity contribution in [3.8, 4) is 0 Å². The standard InChI is InChI=1S/C6H9N3O2/c1-3(2)7-6-8-4(10)5(11)9-6/h3H,1-2H3,(H2,7,8,9,10,11). The van der Waals surface area contributed by atoms with Crippen molar-refractivity contribution >= 4 is 17.8 Å². The highest BCUT2D eigenvalue weighted by Crippen LogP contribution is 1.88. The fraction of sp³-hybridized carbons (Fsp3) is 0.500. The number of hydrogen-bond donors (Lipinski definition) is 2. The molecule has 0 aliphatic carbocycles. The first-order valence-electron chi connectivity index (χ1n) is 3.29. The van der Waals surface area contributed by atoms with Crippen LogP contribution in [0.4, 0.5) is 0 Å². The van der Waals surface area contributed by atoms with Crippen LogP contribution >= 0.6 is 0 Å². The van der Waals surface area contributed by atoms with Crippen molar-refractivity contribution in [2.24, 2.45) is 4.99 Å². The molecular weight excluding hydrogens is 146 g/mol. The van der Waals surface area contributed by atoms with Gasteiger partial charge in [0.25, 0.3) is 0 Å². The van der Waals surface area contributed by atoms with Gasteiger partial charge in [0.05, 0.1) is 0 Å². The zero-order valence-corrected chi connectivity index (χ0v) is 6.34. The Kier molecular flexibility index (Phi) is 1.89. The Morgan fingerprint density at radius 3 is 2.00 bits per heavy atom. The van der Waals surface area contributed by atoms with E-state index >= 15 is 0 Å². The van der Waals surface area contributed by atoms with Gasteiger partial charge in [0, 0.05) is 6.04 Å². The summed E-state index contributed by atoms with van der Waals surface area (Å²) in [6.45, 7) is 3.70. The van der Waals surface area contributed by atoms with Gasteiger partial charge in [-0.2, -0.15) is 0 Å². The minimum Gasteiger partial charge on any atom is -0.288 e. The molecule has 0 saturated carbocycles. The first-order valence-corrected chi connectivity index (χ1v) is 3.29. The molecule has 5 nitrogen and oxygen atoms in total.